The lowest BCUT2D eigenvalue weighted by atomic mass is 10.2. The van der Waals surface area contributed by atoms with Crippen molar-refractivity contribution in [1.29, 1.82) is 0 Å². The predicted molar refractivity (Wildman–Crippen MR) is 61.8 cm³/mol. The third-order valence-electron chi connectivity index (χ3n) is 1.83. The van der Waals surface area contributed by atoms with Crippen molar-refractivity contribution in [1.82, 2.24) is 5.01 Å². The maximum atomic E-state index is 11.7. The zero-order valence-corrected chi connectivity index (χ0v) is 8.92. The largest absolute Gasteiger partial charge is 0.273 e. The summed E-state index contributed by atoms with van der Waals surface area (Å²) in [4.78, 5) is 11.7. The van der Waals surface area contributed by atoms with Gasteiger partial charge in [0.15, 0.2) is 0 Å². The van der Waals surface area contributed by atoms with E-state index in [1.54, 1.807) is 31.5 Å². The smallest absolute Gasteiger partial charge is 0.267 e. The van der Waals surface area contributed by atoms with Crippen LogP contribution in [0.5, 0.6) is 0 Å². The van der Waals surface area contributed by atoms with Gasteiger partial charge in [-0.15, -0.1) is 0 Å². The van der Waals surface area contributed by atoms with Crippen LogP contribution in [0.3, 0.4) is 0 Å². The van der Waals surface area contributed by atoms with Gasteiger partial charge in [0.1, 0.15) is 0 Å². The molecule has 3 nitrogen and oxygen atoms in total. The van der Waals surface area contributed by atoms with Gasteiger partial charge in [0.2, 0.25) is 0 Å². The van der Waals surface area contributed by atoms with Gasteiger partial charge < -0.3 is 0 Å². The number of carbonyl (C=O) groups excluding carboxylic acids is 1. The number of hydrogen-bond donors (Lipinski definition) is 0. The van der Waals surface area contributed by atoms with Crippen LogP contribution in [-0.2, 0) is 0 Å². The molecule has 1 aromatic carbocycles. The SMILES string of the molecule is C/C=C/C=N/N(C)C(=O)c1ccccc1. The summed E-state index contributed by atoms with van der Waals surface area (Å²) >= 11 is 0. The summed E-state index contributed by atoms with van der Waals surface area (Å²) in [5.74, 6) is -0.114. The normalized spacial score (nSPS) is 11.1. The van der Waals surface area contributed by atoms with Crippen LogP contribution in [0.1, 0.15) is 17.3 Å². The average molecular weight is 202 g/mol. The quantitative estimate of drug-likeness (QED) is 0.547. The zero-order valence-electron chi connectivity index (χ0n) is 8.92. The second-order valence-corrected chi connectivity index (χ2v) is 2.99. The van der Waals surface area contributed by atoms with Gasteiger partial charge in [-0.2, -0.15) is 5.10 Å². The lowest BCUT2D eigenvalue weighted by Crippen LogP contribution is -2.20. The Balaban J connectivity index is 2.69. The van der Waals surface area contributed by atoms with Crippen molar-refractivity contribution >= 4 is 12.1 Å². The minimum Gasteiger partial charge on any atom is -0.267 e. The van der Waals surface area contributed by atoms with Crippen molar-refractivity contribution in [3.05, 3.63) is 48.0 Å². The third-order valence-corrected chi connectivity index (χ3v) is 1.83. The Morgan fingerprint density at radius 1 is 1.33 bits per heavy atom. The monoisotopic (exact) mass is 202 g/mol. The molecular weight excluding hydrogens is 188 g/mol. The lowest BCUT2D eigenvalue weighted by molar-refractivity contribution is 0.0800. The standard InChI is InChI=1S/C12H14N2O/c1-3-4-10-13-14(2)12(15)11-8-6-5-7-9-11/h3-10H,1-2H3/b4-3+,13-10+. The minimum absolute atomic E-state index is 0.114. The molecule has 0 heterocycles. The van der Waals surface area contributed by atoms with Gasteiger partial charge in [0.25, 0.3) is 5.91 Å². The molecule has 0 saturated carbocycles. The van der Waals surface area contributed by atoms with Crippen LogP contribution in [0.4, 0.5) is 0 Å². The summed E-state index contributed by atoms with van der Waals surface area (Å²) in [5.41, 5.74) is 0.637. The maximum absolute atomic E-state index is 11.7. The summed E-state index contributed by atoms with van der Waals surface area (Å²) in [7, 11) is 1.63. The molecule has 0 unspecified atom stereocenters. The molecule has 1 rings (SSSR count). The molecule has 0 fully saturated rings. The van der Waals surface area contributed by atoms with Gasteiger partial charge in [0.05, 0.1) is 0 Å². The Bertz CT molecular complexity index is 368. The predicted octanol–water partition coefficient (Wildman–Crippen LogP) is 2.32. The average Bonchev–Trinajstić information content (AvgIpc) is 2.29. The van der Waals surface area contributed by atoms with Crippen molar-refractivity contribution in [2.75, 3.05) is 7.05 Å². The fourth-order valence-corrected chi connectivity index (χ4v) is 1.04. The molecule has 0 aromatic heterocycles. The zero-order chi connectivity index (χ0) is 11.1. The summed E-state index contributed by atoms with van der Waals surface area (Å²) in [6, 6.07) is 9.07. The van der Waals surface area contributed by atoms with Crippen molar-refractivity contribution in [2.24, 2.45) is 5.10 Å². The number of hydrogen-bond acceptors (Lipinski definition) is 2. The number of nitrogens with zero attached hydrogens (tertiary/aromatic N) is 2. The molecule has 0 N–H and O–H groups in total. The van der Waals surface area contributed by atoms with E-state index < -0.39 is 0 Å². The summed E-state index contributed by atoms with van der Waals surface area (Å²) < 4.78 is 0. The highest BCUT2D eigenvalue weighted by Crippen LogP contribution is 2.02. The van der Waals surface area contributed by atoms with Crippen molar-refractivity contribution in [3.8, 4) is 0 Å². The van der Waals surface area contributed by atoms with E-state index in [9.17, 15) is 4.79 Å². The van der Waals surface area contributed by atoms with Crippen LogP contribution >= 0.6 is 0 Å². The van der Waals surface area contributed by atoms with E-state index in [1.807, 2.05) is 31.2 Å². The number of allylic oxidation sites excluding steroid dienone is 2. The molecule has 0 radical (unpaired) electrons. The van der Waals surface area contributed by atoms with Crippen molar-refractivity contribution in [2.45, 2.75) is 6.92 Å². The molecule has 1 amide bonds. The summed E-state index contributed by atoms with van der Waals surface area (Å²) in [5, 5.41) is 5.28. The molecule has 0 aliphatic heterocycles. The highest BCUT2D eigenvalue weighted by atomic mass is 16.2. The molecule has 78 valence electrons. The highest BCUT2D eigenvalue weighted by molar-refractivity contribution is 5.94. The minimum atomic E-state index is -0.114. The number of rotatable bonds is 3. The van der Waals surface area contributed by atoms with E-state index in [1.165, 1.54) is 5.01 Å². The first-order chi connectivity index (χ1) is 7.25. The van der Waals surface area contributed by atoms with Gasteiger partial charge in [0, 0.05) is 18.8 Å². The number of carbonyl (C=O) groups is 1. The van der Waals surface area contributed by atoms with E-state index in [0.29, 0.717) is 5.56 Å². The first-order valence-corrected chi connectivity index (χ1v) is 4.74. The van der Waals surface area contributed by atoms with Crippen LogP contribution in [0, 0.1) is 0 Å². The van der Waals surface area contributed by atoms with Crippen molar-refractivity contribution < 1.29 is 4.79 Å². The Hall–Kier alpha value is -1.90. The molecule has 3 heteroatoms. The van der Waals surface area contributed by atoms with Crippen LogP contribution < -0.4 is 0 Å². The Labute approximate surface area is 89.7 Å². The van der Waals surface area contributed by atoms with E-state index in [0.717, 1.165) is 0 Å². The van der Waals surface area contributed by atoms with Crippen molar-refractivity contribution in [3.63, 3.8) is 0 Å². The molecule has 0 spiro atoms. The van der Waals surface area contributed by atoms with E-state index >= 15 is 0 Å². The Morgan fingerprint density at radius 2 is 2.00 bits per heavy atom. The molecule has 0 aliphatic carbocycles. The maximum Gasteiger partial charge on any atom is 0.273 e. The number of amides is 1. The first-order valence-electron chi connectivity index (χ1n) is 4.74. The molecular formula is C12H14N2O. The summed E-state index contributed by atoms with van der Waals surface area (Å²) in [6.07, 6.45) is 5.21. The van der Waals surface area contributed by atoms with Gasteiger partial charge in [-0.3, -0.25) is 4.79 Å². The van der Waals surface area contributed by atoms with E-state index in [-0.39, 0.29) is 5.91 Å². The first kappa shape index (κ1) is 11.2. The van der Waals surface area contributed by atoms with Gasteiger partial charge in [-0.05, 0) is 25.1 Å². The van der Waals surface area contributed by atoms with Gasteiger partial charge in [-0.1, -0.05) is 24.3 Å². The number of benzene rings is 1. The van der Waals surface area contributed by atoms with Gasteiger partial charge in [-0.25, -0.2) is 5.01 Å². The van der Waals surface area contributed by atoms with Crippen LogP contribution in [-0.4, -0.2) is 24.2 Å². The van der Waals surface area contributed by atoms with Gasteiger partial charge >= 0.3 is 0 Å². The Morgan fingerprint density at radius 3 is 2.60 bits per heavy atom. The highest BCUT2D eigenvalue weighted by Gasteiger charge is 2.08. The van der Waals surface area contributed by atoms with Crippen LogP contribution in [0.2, 0.25) is 0 Å². The molecule has 0 bridgehead atoms. The van der Waals surface area contributed by atoms with Crippen LogP contribution in [0.25, 0.3) is 0 Å². The molecule has 0 saturated heterocycles. The molecule has 1 aromatic rings. The fraction of sp³-hybridized carbons (Fsp3) is 0.167. The Kier molecular flexibility index (Phi) is 4.29. The van der Waals surface area contributed by atoms with Crippen LogP contribution in [0.15, 0.2) is 47.6 Å². The van der Waals surface area contributed by atoms with E-state index in [2.05, 4.69) is 5.10 Å². The summed E-state index contributed by atoms with van der Waals surface area (Å²) in [6.45, 7) is 1.89. The molecule has 15 heavy (non-hydrogen) atoms. The molecule has 0 aliphatic rings. The second kappa shape index (κ2) is 5.75. The molecule has 0 atom stereocenters. The second-order valence-electron chi connectivity index (χ2n) is 2.99. The topological polar surface area (TPSA) is 32.7 Å². The van der Waals surface area contributed by atoms with E-state index in [4.69, 9.17) is 0 Å². The lowest BCUT2D eigenvalue weighted by Gasteiger charge is -2.09. The number of hydrazone groups is 1. The third kappa shape index (κ3) is 3.38. The fourth-order valence-electron chi connectivity index (χ4n) is 1.04.